The van der Waals surface area contributed by atoms with E-state index in [-0.39, 0.29) is 18.0 Å². The van der Waals surface area contributed by atoms with Gasteiger partial charge in [0.2, 0.25) is 0 Å². The molecule has 0 aliphatic heterocycles. The Labute approximate surface area is 354 Å². The molecule has 59 heavy (non-hydrogen) atoms. The van der Waals surface area contributed by atoms with Crippen LogP contribution in [0.3, 0.4) is 0 Å². The predicted molar refractivity (Wildman–Crippen MR) is 238 cm³/mol. The van der Waals surface area contributed by atoms with E-state index in [9.17, 15) is 14.9 Å². The van der Waals surface area contributed by atoms with E-state index in [1.807, 2.05) is 84.9 Å². The first-order valence-corrected chi connectivity index (χ1v) is 22.5. The third-order valence-electron chi connectivity index (χ3n) is 11.0. The maximum Gasteiger partial charge on any atom is 0.514 e. The van der Waals surface area contributed by atoms with Gasteiger partial charge in [-0.3, -0.25) is 10.1 Å². The quantitative estimate of drug-likeness (QED) is 0.0125. The van der Waals surface area contributed by atoms with Gasteiger partial charge in [0, 0.05) is 17.7 Å². The van der Waals surface area contributed by atoms with Gasteiger partial charge < -0.3 is 18.9 Å². The van der Waals surface area contributed by atoms with E-state index in [1.165, 1.54) is 140 Å². The number of hydrogen-bond donors (Lipinski definition) is 0. The van der Waals surface area contributed by atoms with Gasteiger partial charge in [-0.15, -0.1) is 0 Å². The van der Waals surface area contributed by atoms with Gasteiger partial charge in [-0.25, -0.2) is 4.79 Å². The summed E-state index contributed by atoms with van der Waals surface area (Å²) in [5.41, 5.74) is 1.47. The molecule has 8 nitrogen and oxygen atoms in total. The van der Waals surface area contributed by atoms with Crippen LogP contribution in [-0.4, -0.2) is 30.4 Å². The number of carbonyl (C=O) groups is 1. The molecule has 320 valence electrons. The van der Waals surface area contributed by atoms with E-state index in [4.69, 9.17) is 18.9 Å². The summed E-state index contributed by atoms with van der Waals surface area (Å²) in [7, 11) is 0. The maximum absolute atomic E-state index is 12.7. The largest absolute Gasteiger partial charge is 0.514 e. The van der Waals surface area contributed by atoms with Crippen molar-refractivity contribution in [1.82, 2.24) is 0 Å². The van der Waals surface area contributed by atoms with E-state index in [1.54, 1.807) is 6.92 Å². The predicted octanol–water partition coefficient (Wildman–Crippen LogP) is 14.7. The van der Waals surface area contributed by atoms with Crippen LogP contribution in [-0.2, 0) is 15.1 Å². The van der Waals surface area contributed by atoms with Crippen LogP contribution in [0.2, 0.25) is 0 Å². The van der Waals surface area contributed by atoms with Gasteiger partial charge in [0.15, 0.2) is 0 Å². The molecule has 0 fully saturated rings. The molecule has 0 N–H and O–H groups in total. The third-order valence-corrected chi connectivity index (χ3v) is 11.0. The number of nitro groups is 1. The van der Waals surface area contributed by atoms with Crippen molar-refractivity contribution >= 4 is 11.8 Å². The first kappa shape index (κ1) is 47.0. The number of hydrogen-bond acceptors (Lipinski definition) is 7. The van der Waals surface area contributed by atoms with Gasteiger partial charge >= 0.3 is 6.16 Å². The van der Waals surface area contributed by atoms with Gasteiger partial charge in [-0.2, -0.15) is 0 Å². The normalized spacial score (nSPS) is 11.9. The number of ether oxygens (including phenoxy) is 4. The molecule has 4 aromatic carbocycles. The molecule has 0 aromatic heterocycles. The molecule has 0 amide bonds. The Morgan fingerprint density at radius 2 is 1.03 bits per heavy atom. The molecule has 8 heteroatoms. The van der Waals surface area contributed by atoms with Crippen molar-refractivity contribution in [2.75, 3.05) is 13.2 Å². The van der Waals surface area contributed by atoms with Crippen LogP contribution in [0.1, 0.15) is 159 Å². The lowest BCUT2D eigenvalue weighted by molar-refractivity contribution is -0.384. The third kappa shape index (κ3) is 16.8. The van der Waals surface area contributed by atoms with E-state index in [0.717, 1.165) is 35.3 Å². The van der Waals surface area contributed by atoms with Gasteiger partial charge in [-0.05, 0) is 42.7 Å². The van der Waals surface area contributed by atoms with Crippen molar-refractivity contribution in [1.29, 1.82) is 0 Å². The SMILES string of the molecule is CCCCCCCCCCCCCCCCCCCCCCOc1ccccc1C(OC[C@@H](C)OC(=O)Oc1ccc([N+](=O)[O-])cc1)(c1ccccc1)c1ccccc1. The fraction of sp³-hybridized carbons (Fsp3) is 0.510. The lowest BCUT2D eigenvalue weighted by Crippen LogP contribution is -2.36. The second-order valence-electron chi connectivity index (χ2n) is 15.8. The first-order chi connectivity index (χ1) is 28.9. The Hall–Kier alpha value is -4.69. The molecule has 0 saturated carbocycles. The second kappa shape index (κ2) is 27.9. The van der Waals surface area contributed by atoms with Crippen LogP contribution in [0.5, 0.6) is 11.5 Å². The number of carbonyl (C=O) groups excluding carboxylic acids is 1. The van der Waals surface area contributed by atoms with Crippen molar-refractivity contribution in [3.05, 3.63) is 136 Å². The summed E-state index contributed by atoms with van der Waals surface area (Å²) >= 11 is 0. The zero-order valence-corrected chi connectivity index (χ0v) is 35.8. The molecular formula is C51H69NO7. The van der Waals surface area contributed by atoms with Crippen LogP contribution < -0.4 is 9.47 Å². The average molecular weight is 808 g/mol. The monoisotopic (exact) mass is 808 g/mol. The van der Waals surface area contributed by atoms with Crippen LogP contribution in [0, 0.1) is 10.1 Å². The van der Waals surface area contributed by atoms with Crippen LogP contribution in [0.15, 0.2) is 109 Å². The van der Waals surface area contributed by atoms with Gasteiger partial charge in [0.1, 0.15) is 23.2 Å². The fourth-order valence-electron chi connectivity index (χ4n) is 7.69. The lowest BCUT2D eigenvalue weighted by atomic mass is 9.79. The van der Waals surface area contributed by atoms with Gasteiger partial charge in [-0.1, -0.05) is 208 Å². The van der Waals surface area contributed by atoms with Crippen LogP contribution >= 0.6 is 0 Å². The van der Waals surface area contributed by atoms with Crippen molar-refractivity contribution < 1.29 is 28.7 Å². The summed E-state index contributed by atoms with van der Waals surface area (Å²) in [6.45, 7) is 4.66. The van der Waals surface area contributed by atoms with E-state index in [0.29, 0.717) is 6.61 Å². The summed E-state index contributed by atoms with van der Waals surface area (Å²) in [6.07, 6.45) is 25.3. The number of nitrogens with zero attached hydrogens (tertiary/aromatic N) is 1. The van der Waals surface area contributed by atoms with E-state index in [2.05, 4.69) is 6.92 Å². The Kier molecular flexibility index (Phi) is 22.2. The molecular weight excluding hydrogens is 739 g/mol. The minimum absolute atomic E-state index is 0.0346. The lowest BCUT2D eigenvalue weighted by Gasteiger charge is -2.37. The second-order valence-corrected chi connectivity index (χ2v) is 15.8. The van der Waals surface area contributed by atoms with Gasteiger partial charge in [0.25, 0.3) is 5.69 Å². The molecule has 4 aromatic rings. The molecule has 0 bridgehead atoms. The molecule has 1 atom stereocenters. The Bertz CT molecular complexity index is 1670. The molecule has 0 aliphatic rings. The summed E-state index contributed by atoms with van der Waals surface area (Å²) < 4.78 is 24.4. The number of non-ortho nitro benzene ring substituents is 1. The summed E-state index contributed by atoms with van der Waals surface area (Å²) in [5, 5.41) is 11.0. The van der Waals surface area contributed by atoms with Crippen LogP contribution in [0.4, 0.5) is 10.5 Å². The smallest absolute Gasteiger partial charge is 0.493 e. The highest BCUT2D eigenvalue weighted by Crippen LogP contribution is 2.44. The fourth-order valence-corrected chi connectivity index (χ4v) is 7.69. The first-order valence-electron chi connectivity index (χ1n) is 22.5. The summed E-state index contributed by atoms with van der Waals surface area (Å²) in [5.74, 6) is 0.882. The Morgan fingerprint density at radius 3 is 1.51 bits per heavy atom. The molecule has 0 heterocycles. The number of para-hydroxylation sites is 1. The summed E-state index contributed by atoms with van der Waals surface area (Å²) in [4.78, 5) is 23.2. The zero-order chi connectivity index (χ0) is 41.8. The highest BCUT2D eigenvalue weighted by atomic mass is 16.7. The van der Waals surface area contributed by atoms with Crippen molar-refractivity contribution in [2.24, 2.45) is 0 Å². The standard InChI is InChI=1S/C51H69NO7/c1-3-4-5-6-7-8-9-10-11-12-13-14-15-16-17-18-19-20-21-30-41-56-49-36-29-28-35-48(49)51(44-31-24-22-25-32-44,45-33-26-23-27-34-45)57-42-43(2)58-50(53)59-47-39-37-46(38-40-47)52(54)55/h22-29,31-40,43H,3-21,30,41-42H2,1-2H3/t43-/m1/s1. The minimum Gasteiger partial charge on any atom is -0.493 e. The zero-order valence-electron chi connectivity index (χ0n) is 35.8. The Balaban J connectivity index is 1.24. The minimum atomic E-state index is -1.09. The van der Waals surface area contributed by atoms with E-state index >= 15 is 0 Å². The number of unbranched alkanes of at least 4 members (excludes halogenated alkanes) is 19. The maximum atomic E-state index is 12.7. The highest BCUT2D eigenvalue weighted by molar-refractivity contribution is 5.64. The van der Waals surface area contributed by atoms with Gasteiger partial charge in [0.05, 0.1) is 18.1 Å². The van der Waals surface area contributed by atoms with Crippen molar-refractivity contribution in [2.45, 2.75) is 154 Å². The molecule has 0 aliphatic carbocycles. The average Bonchev–Trinajstić information content (AvgIpc) is 3.25. The molecule has 0 unspecified atom stereocenters. The number of nitro benzene ring substituents is 1. The summed E-state index contributed by atoms with van der Waals surface area (Å²) in [6, 6.07) is 33.3. The molecule has 0 saturated heterocycles. The highest BCUT2D eigenvalue weighted by Gasteiger charge is 2.40. The van der Waals surface area contributed by atoms with Crippen LogP contribution in [0.25, 0.3) is 0 Å². The van der Waals surface area contributed by atoms with Crippen molar-refractivity contribution in [3.8, 4) is 11.5 Å². The molecule has 0 radical (unpaired) electrons. The molecule has 4 rings (SSSR count). The topological polar surface area (TPSA) is 97.1 Å². The van der Waals surface area contributed by atoms with E-state index < -0.39 is 22.8 Å². The number of rotatable bonds is 31. The number of benzene rings is 4. The molecule has 0 spiro atoms. The Morgan fingerprint density at radius 1 is 0.593 bits per heavy atom. The van der Waals surface area contributed by atoms with Crippen molar-refractivity contribution in [3.63, 3.8) is 0 Å².